The minimum absolute atomic E-state index is 0.114. The predicted molar refractivity (Wildman–Crippen MR) is 83.3 cm³/mol. The Kier molecular flexibility index (Phi) is 3.94. The van der Waals surface area contributed by atoms with Crippen molar-refractivity contribution in [2.75, 3.05) is 27.3 Å². The summed E-state index contributed by atoms with van der Waals surface area (Å²) in [7, 11) is 3.19. The van der Waals surface area contributed by atoms with Crippen molar-refractivity contribution in [3.63, 3.8) is 0 Å². The van der Waals surface area contributed by atoms with E-state index in [2.05, 4.69) is 4.98 Å². The maximum Gasteiger partial charge on any atom is 0.263 e. The van der Waals surface area contributed by atoms with Gasteiger partial charge in [0.2, 0.25) is 0 Å². The lowest BCUT2D eigenvalue weighted by molar-refractivity contribution is 0.0382. The van der Waals surface area contributed by atoms with Gasteiger partial charge < -0.3 is 14.7 Å². The van der Waals surface area contributed by atoms with Gasteiger partial charge in [-0.2, -0.15) is 0 Å². The van der Waals surface area contributed by atoms with Gasteiger partial charge in [-0.15, -0.1) is 22.7 Å². The molecule has 0 spiro atoms. The Morgan fingerprint density at radius 3 is 3.19 bits per heavy atom. The molecule has 0 radical (unpaired) electrons. The first-order valence-corrected chi connectivity index (χ1v) is 8.07. The smallest absolute Gasteiger partial charge is 0.263 e. The highest BCUT2D eigenvalue weighted by Crippen LogP contribution is 2.28. The van der Waals surface area contributed by atoms with Crippen molar-refractivity contribution < 1.29 is 14.6 Å². The van der Waals surface area contributed by atoms with Crippen LogP contribution >= 0.6 is 22.7 Å². The fraction of sp³-hybridized carbons (Fsp3) is 0.385. The summed E-state index contributed by atoms with van der Waals surface area (Å²) in [6.45, 7) is 0.450. The van der Waals surface area contributed by atoms with Crippen molar-refractivity contribution >= 4 is 43.9 Å². The van der Waals surface area contributed by atoms with Crippen LogP contribution in [0.25, 0.3) is 15.3 Å². The van der Waals surface area contributed by atoms with Crippen LogP contribution in [-0.2, 0) is 4.74 Å². The molecule has 3 rings (SSSR count). The Labute approximate surface area is 129 Å². The van der Waals surface area contributed by atoms with Crippen LogP contribution in [0.4, 0.5) is 0 Å². The number of ether oxygens (including phenoxy) is 1. The van der Waals surface area contributed by atoms with Crippen molar-refractivity contribution in [1.29, 1.82) is 0 Å². The molecule has 0 saturated carbocycles. The van der Waals surface area contributed by atoms with E-state index in [0.717, 1.165) is 15.3 Å². The highest BCUT2D eigenvalue weighted by Gasteiger charge is 2.19. The predicted octanol–water partition coefficient (Wildman–Crippen LogP) is 1.69. The fourth-order valence-electron chi connectivity index (χ4n) is 2.19. The second-order valence-corrected chi connectivity index (χ2v) is 6.67. The van der Waals surface area contributed by atoms with Crippen LogP contribution in [-0.4, -0.2) is 58.7 Å². The topological polar surface area (TPSA) is 67.1 Å². The largest absolute Gasteiger partial charge is 0.389 e. The minimum atomic E-state index is -0.682. The van der Waals surface area contributed by atoms with Crippen molar-refractivity contribution in [2.45, 2.75) is 6.10 Å². The minimum Gasteiger partial charge on any atom is -0.389 e. The van der Waals surface area contributed by atoms with E-state index in [1.165, 1.54) is 23.3 Å². The van der Waals surface area contributed by atoms with Gasteiger partial charge >= 0.3 is 0 Å². The summed E-state index contributed by atoms with van der Waals surface area (Å²) >= 11 is 2.94. The number of carbonyl (C=O) groups excluding carboxylic acids is 1. The van der Waals surface area contributed by atoms with Gasteiger partial charge in [-0.3, -0.25) is 9.20 Å². The van der Waals surface area contributed by atoms with Crippen LogP contribution in [0.2, 0.25) is 0 Å². The number of nitrogens with zero attached hydrogens (tertiary/aromatic N) is 3. The summed E-state index contributed by atoms with van der Waals surface area (Å²) in [5.41, 5.74) is 0.949. The van der Waals surface area contributed by atoms with Crippen LogP contribution in [0.1, 0.15) is 9.67 Å². The lowest BCUT2D eigenvalue weighted by atomic mass is 10.3. The summed E-state index contributed by atoms with van der Waals surface area (Å²) in [6.07, 6.45) is 1.26. The molecule has 0 fully saturated rings. The Morgan fingerprint density at radius 1 is 1.62 bits per heavy atom. The number of aromatic nitrogens is 2. The van der Waals surface area contributed by atoms with Gasteiger partial charge in [0.1, 0.15) is 4.83 Å². The first-order chi connectivity index (χ1) is 10.1. The molecule has 0 aliphatic rings. The number of thiophene rings is 1. The third-order valence-electron chi connectivity index (χ3n) is 3.14. The molecular weight excluding hydrogens is 310 g/mol. The maximum atomic E-state index is 12.4. The van der Waals surface area contributed by atoms with Crippen LogP contribution in [0.3, 0.4) is 0 Å². The summed E-state index contributed by atoms with van der Waals surface area (Å²) in [5, 5.41) is 11.7. The number of hydrogen-bond donors (Lipinski definition) is 1. The zero-order valence-electron chi connectivity index (χ0n) is 11.6. The molecule has 112 valence electrons. The number of aliphatic hydroxyl groups is 1. The number of fused-ring (bicyclic) bond motifs is 3. The first kappa shape index (κ1) is 14.5. The first-order valence-electron chi connectivity index (χ1n) is 6.37. The third kappa shape index (κ3) is 2.67. The zero-order valence-corrected chi connectivity index (χ0v) is 13.3. The van der Waals surface area contributed by atoms with E-state index >= 15 is 0 Å². The standard InChI is InChI=1S/C13H15N3O3S2/c1-15(6-8(17)7-19-2)12(18)10-5-9-11(21-10)14-13-16(9)3-4-20-13/h3-5,8,17H,6-7H2,1-2H3. The molecule has 8 heteroatoms. The summed E-state index contributed by atoms with van der Waals surface area (Å²) in [6, 6.07) is 1.86. The number of hydrogen-bond acceptors (Lipinski definition) is 6. The molecule has 3 heterocycles. The molecule has 3 aromatic heterocycles. The van der Waals surface area contributed by atoms with Crippen molar-refractivity contribution in [3.8, 4) is 0 Å². The molecule has 0 aliphatic carbocycles. The quantitative estimate of drug-likeness (QED) is 0.775. The number of thiazole rings is 1. The van der Waals surface area contributed by atoms with Gasteiger partial charge in [-0.05, 0) is 6.07 Å². The van der Waals surface area contributed by atoms with Crippen molar-refractivity contribution in [1.82, 2.24) is 14.3 Å². The molecular formula is C13H15N3O3S2. The fourth-order valence-corrected chi connectivity index (χ4v) is 3.98. The summed E-state index contributed by atoms with van der Waals surface area (Å²) in [5.74, 6) is -0.114. The number of carbonyl (C=O) groups is 1. The van der Waals surface area contributed by atoms with Crippen molar-refractivity contribution in [2.24, 2.45) is 0 Å². The van der Waals surface area contributed by atoms with Gasteiger partial charge in [0, 0.05) is 32.3 Å². The number of amides is 1. The summed E-state index contributed by atoms with van der Waals surface area (Å²) < 4.78 is 6.85. The molecule has 0 saturated heterocycles. The average molecular weight is 325 g/mol. The zero-order chi connectivity index (χ0) is 15.0. The second kappa shape index (κ2) is 5.72. The van der Waals surface area contributed by atoms with E-state index in [1.54, 1.807) is 18.4 Å². The molecule has 1 N–H and O–H groups in total. The van der Waals surface area contributed by atoms with Gasteiger partial charge in [-0.25, -0.2) is 4.98 Å². The van der Waals surface area contributed by atoms with Gasteiger partial charge in [-0.1, -0.05) is 0 Å². The lowest BCUT2D eigenvalue weighted by Gasteiger charge is -2.19. The molecule has 1 unspecified atom stereocenters. The van der Waals surface area contributed by atoms with Gasteiger partial charge in [0.15, 0.2) is 4.96 Å². The number of rotatable bonds is 5. The molecule has 21 heavy (non-hydrogen) atoms. The SMILES string of the molecule is COCC(O)CN(C)C(=O)c1cc2c(nc3sccn32)s1. The van der Waals surface area contributed by atoms with Crippen LogP contribution in [0.5, 0.6) is 0 Å². The molecule has 6 nitrogen and oxygen atoms in total. The van der Waals surface area contributed by atoms with E-state index < -0.39 is 6.10 Å². The van der Waals surface area contributed by atoms with Crippen molar-refractivity contribution in [3.05, 3.63) is 22.5 Å². The normalized spacial score (nSPS) is 13.1. The monoisotopic (exact) mass is 325 g/mol. The highest BCUT2D eigenvalue weighted by molar-refractivity contribution is 7.21. The van der Waals surface area contributed by atoms with Crippen LogP contribution in [0.15, 0.2) is 17.6 Å². The lowest BCUT2D eigenvalue weighted by Crippen LogP contribution is -2.35. The second-order valence-electron chi connectivity index (χ2n) is 4.76. The van der Waals surface area contributed by atoms with Crippen LogP contribution < -0.4 is 0 Å². The van der Waals surface area contributed by atoms with E-state index in [9.17, 15) is 9.90 Å². The highest BCUT2D eigenvalue weighted by atomic mass is 32.1. The van der Waals surface area contributed by atoms with E-state index in [4.69, 9.17) is 4.74 Å². The number of imidazole rings is 1. The number of likely N-dealkylation sites (N-methyl/N-ethyl adjacent to an activating group) is 1. The molecule has 0 aliphatic heterocycles. The Balaban J connectivity index is 1.82. The van der Waals surface area contributed by atoms with E-state index in [1.807, 2.05) is 22.0 Å². The molecule has 1 amide bonds. The molecule has 1 atom stereocenters. The van der Waals surface area contributed by atoms with E-state index in [-0.39, 0.29) is 19.1 Å². The van der Waals surface area contributed by atoms with E-state index in [0.29, 0.717) is 4.88 Å². The number of methoxy groups -OCH3 is 1. The Morgan fingerprint density at radius 2 is 2.43 bits per heavy atom. The third-order valence-corrected chi connectivity index (χ3v) is 4.90. The molecule has 0 bridgehead atoms. The molecule has 3 aromatic rings. The number of aliphatic hydroxyl groups excluding tert-OH is 1. The van der Waals surface area contributed by atoms with Crippen LogP contribution in [0, 0.1) is 0 Å². The average Bonchev–Trinajstić information content (AvgIpc) is 3.08. The summed E-state index contributed by atoms with van der Waals surface area (Å²) in [4.78, 5) is 20.8. The molecule has 0 aromatic carbocycles. The maximum absolute atomic E-state index is 12.4. The van der Waals surface area contributed by atoms with Gasteiger partial charge in [0.25, 0.3) is 5.91 Å². The Hall–Kier alpha value is -1.48. The Bertz CT molecular complexity index is 776. The van der Waals surface area contributed by atoms with Gasteiger partial charge in [0.05, 0.1) is 23.1 Å².